The molecule has 0 N–H and O–H groups in total. The smallest absolute Gasteiger partial charge is 0.119 e. The lowest BCUT2D eigenvalue weighted by atomic mass is 9.85. The number of methoxy groups -OCH3 is 2. The summed E-state index contributed by atoms with van der Waals surface area (Å²) in [5.41, 5.74) is 6.78. The van der Waals surface area contributed by atoms with E-state index in [9.17, 15) is 0 Å². The van der Waals surface area contributed by atoms with Gasteiger partial charge in [-0.1, -0.05) is 84.9 Å². The van der Waals surface area contributed by atoms with E-state index in [1.54, 1.807) is 14.2 Å². The van der Waals surface area contributed by atoms with Crippen LogP contribution in [0.5, 0.6) is 11.5 Å². The van der Waals surface area contributed by atoms with Gasteiger partial charge in [-0.2, -0.15) is 0 Å². The fourth-order valence-electron chi connectivity index (χ4n) is 3.68. The molecule has 0 saturated carbocycles. The molecule has 0 aromatic heterocycles. The second-order valence-corrected chi connectivity index (χ2v) is 6.95. The first-order valence-electron chi connectivity index (χ1n) is 9.94. The van der Waals surface area contributed by atoms with E-state index >= 15 is 0 Å². The first kappa shape index (κ1) is 19.5. The van der Waals surface area contributed by atoms with E-state index in [1.165, 1.54) is 0 Å². The molecule has 0 heterocycles. The third-order valence-corrected chi connectivity index (χ3v) is 5.09. The van der Waals surface area contributed by atoms with Crippen LogP contribution in [-0.4, -0.2) is 14.2 Å². The molecular weight excluding hydrogens is 368 g/mol. The van der Waals surface area contributed by atoms with Gasteiger partial charge in [-0.15, -0.1) is 0 Å². The zero-order chi connectivity index (χ0) is 20.8. The van der Waals surface area contributed by atoms with E-state index in [4.69, 9.17) is 9.47 Å². The lowest BCUT2D eigenvalue weighted by molar-refractivity contribution is 0.414. The average Bonchev–Trinajstić information content (AvgIpc) is 2.83. The van der Waals surface area contributed by atoms with Crippen molar-refractivity contribution >= 4 is 11.1 Å². The Labute approximate surface area is 178 Å². The highest BCUT2D eigenvalue weighted by Crippen LogP contribution is 2.38. The molecule has 0 aliphatic rings. The number of hydrogen-bond acceptors (Lipinski definition) is 2. The topological polar surface area (TPSA) is 18.5 Å². The number of ether oxygens (including phenoxy) is 2. The SMILES string of the molecule is COc1cccc(C(=C(c2ccccc2)c2ccccc2)c2cccc(OC)c2)c1. The van der Waals surface area contributed by atoms with Crippen LogP contribution in [0.2, 0.25) is 0 Å². The molecule has 4 aromatic rings. The Hall–Kier alpha value is -3.78. The van der Waals surface area contributed by atoms with Gasteiger partial charge in [-0.3, -0.25) is 0 Å². The summed E-state index contributed by atoms with van der Waals surface area (Å²) in [6.45, 7) is 0. The summed E-state index contributed by atoms with van der Waals surface area (Å²) in [5, 5.41) is 0. The third-order valence-electron chi connectivity index (χ3n) is 5.09. The van der Waals surface area contributed by atoms with Crippen molar-refractivity contribution in [1.82, 2.24) is 0 Å². The van der Waals surface area contributed by atoms with Crippen LogP contribution in [0.15, 0.2) is 109 Å². The molecule has 2 heteroatoms. The van der Waals surface area contributed by atoms with Gasteiger partial charge in [-0.25, -0.2) is 0 Å². The Morgan fingerprint density at radius 3 is 1.20 bits per heavy atom. The number of hydrogen-bond donors (Lipinski definition) is 0. The molecule has 0 fully saturated rings. The van der Waals surface area contributed by atoms with E-state index < -0.39 is 0 Å². The molecule has 0 saturated heterocycles. The lowest BCUT2D eigenvalue weighted by Gasteiger charge is -2.19. The molecule has 0 unspecified atom stereocenters. The summed E-state index contributed by atoms with van der Waals surface area (Å²) >= 11 is 0. The molecule has 0 bridgehead atoms. The summed E-state index contributed by atoms with van der Waals surface area (Å²) in [6, 6.07) is 37.4. The Morgan fingerprint density at radius 1 is 0.433 bits per heavy atom. The molecule has 4 aromatic carbocycles. The number of benzene rings is 4. The normalized spacial score (nSPS) is 10.3. The third kappa shape index (κ3) is 4.13. The van der Waals surface area contributed by atoms with Crippen LogP contribution in [-0.2, 0) is 0 Å². The summed E-state index contributed by atoms with van der Waals surface area (Å²) in [6.07, 6.45) is 0. The minimum Gasteiger partial charge on any atom is -0.497 e. The van der Waals surface area contributed by atoms with Gasteiger partial charge in [0.1, 0.15) is 11.5 Å². The van der Waals surface area contributed by atoms with Crippen molar-refractivity contribution in [3.05, 3.63) is 131 Å². The summed E-state index contributed by atoms with van der Waals surface area (Å²) in [7, 11) is 3.40. The van der Waals surface area contributed by atoms with Gasteiger partial charge >= 0.3 is 0 Å². The predicted molar refractivity (Wildman–Crippen MR) is 124 cm³/mol. The van der Waals surface area contributed by atoms with Crippen molar-refractivity contribution in [2.75, 3.05) is 14.2 Å². The van der Waals surface area contributed by atoms with Crippen LogP contribution >= 0.6 is 0 Å². The van der Waals surface area contributed by atoms with Crippen LogP contribution in [0.4, 0.5) is 0 Å². The van der Waals surface area contributed by atoms with Gasteiger partial charge in [0.05, 0.1) is 14.2 Å². The largest absolute Gasteiger partial charge is 0.497 e. The van der Waals surface area contributed by atoms with Gasteiger partial charge in [-0.05, 0) is 57.7 Å². The number of rotatable bonds is 6. The maximum absolute atomic E-state index is 5.53. The first-order chi connectivity index (χ1) is 14.8. The summed E-state index contributed by atoms with van der Waals surface area (Å²) < 4.78 is 11.1. The second-order valence-electron chi connectivity index (χ2n) is 6.95. The lowest BCUT2D eigenvalue weighted by Crippen LogP contribution is -1.98. The average molecular weight is 392 g/mol. The molecule has 4 rings (SSSR count). The van der Waals surface area contributed by atoms with Crippen molar-refractivity contribution in [2.24, 2.45) is 0 Å². The standard InChI is InChI=1S/C28H24O2/c1-29-25-17-9-15-23(19-25)28(24-16-10-18-26(20-24)30-2)27(21-11-5-3-6-12-21)22-13-7-4-8-14-22/h3-20H,1-2H3. The van der Waals surface area contributed by atoms with Crippen LogP contribution in [0, 0.1) is 0 Å². The maximum Gasteiger partial charge on any atom is 0.119 e. The van der Waals surface area contributed by atoms with E-state index in [2.05, 4.69) is 72.8 Å². The Balaban J connectivity index is 2.10. The highest BCUT2D eigenvalue weighted by molar-refractivity contribution is 6.04. The van der Waals surface area contributed by atoms with Crippen LogP contribution < -0.4 is 9.47 Å². The van der Waals surface area contributed by atoms with Gasteiger partial charge in [0.25, 0.3) is 0 Å². The molecule has 0 spiro atoms. The molecule has 2 nitrogen and oxygen atoms in total. The van der Waals surface area contributed by atoms with Gasteiger partial charge < -0.3 is 9.47 Å². The molecule has 0 amide bonds. The van der Waals surface area contributed by atoms with Crippen LogP contribution in [0.25, 0.3) is 11.1 Å². The monoisotopic (exact) mass is 392 g/mol. The molecule has 0 atom stereocenters. The van der Waals surface area contributed by atoms with E-state index in [-0.39, 0.29) is 0 Å². The van der Waals surface area contributed by atoms with Crippen molar-refractivity contribution in [1.29, 1.82) is 0 Å². The molecule has 148 valence electrons. The summed E-state index contributed by atoms with van der Waals surface area (Å²) in [5.74, 6) is 1.65. The zero-order valence-corrected chi connectivity index (χ0v) is 17.2. The Kier molecular flexibility index (Phi) is 5.95. The second kappa shape index (κ2) is 9.15. The van der Waals surface area contributed by atoms with Crippen LogP contribution in [0.1, 0.15) is 22.3 Å². The van der Waals surface area contributed by atoms with Crippen molar-refractivity contribution in [2.45, 2.75) is 0 Å². The molecule has 30 heavy (non-hydrogen) atoms. The fourth-order valence-corrected chi connectivity index (χ4v) is 3.68. The van der Waals surface area contributed by atoms with Gasteiger partial charge in [0.2, 0.25) is 0 Å². The van der Waals surface area contributed by atoms with Crippen LogP contribution in [0.3, 0.4) is 0 Å². The Bertz CT molecular complexity index is 1050. The fraction of sp³-hybridized carbons (Fsp3) is 0.0714. The predicted octanol–water partition coefficient (Wildman–Crippen LogP) is 6.71. The highest BCUT2D eigenvalue weighted by Gasteiger charge is 2.17. The molecule has 0 aliphatic heterocycles. The Morgan fingerprint density at radius 2 is 0.800 bits per heavy atom. The molecular formula is C28H24O2. The van der Waals surface area contributed by atoms with E-state index in [1.807, 2.05) is 36.4 Å². The molecule has 0 aliphatic carbocycles. The quantitative estimate of drug-likeness (QED) is 0.339. The van der Waals surface area contributed by atoms with Crippen molar-refractivity contribution in [3.8, 4) is 11.5 Å². The highest BCUT2D eigenvalue weighted by atomic mass is 16.5. The molecule has 0 radical (unpaired) electrons. The summed E-state index contributed by atoms with van der Waals surface area (Å²) in [4.78, 5) is 0. The van der Waals surface area contributed by atoms with Crippen molar-refractivity contribution < 1.29 is 9.47 Å². The van der Waals surface area contributed by atoms with Crippen molar-refractivity contribution in [3.63, 3.8) is 0 Å². The van der Waals surface area contributed by atoms with Gasteiger partial charge in [0.15, 0.2) is 0 Å². The van der Waals surface area contributed by atoms with Gasteiger partial charge in [0, 0.05) is 0 Å². The van der Waals surface area contributed by atoms with E-state index in [0.717, 1.165) is 44.9 Å². The first-order valence-corrected chi connectivity index (χ1v) is 9.94. The zero-order valence-electron chi connectivity index (χ0n) is 17.2. The maximum atomic E-state index is 5.53. The minimum atomic E-state index is 0.827. The van der Waals surface area contributed by atoms with E-state index in [0.29, 0.717) is 0 Å². The minimum absolute atomic E-state index is 0.827.